The number of allylic oxidation sites excluding steroid dienone is 2. The highest BCUT2D eigenvalue weighted by molar-refractivity contribution is 5.40. The molecule has 0 amide bonds. The predicted molar refractivity (Wildman–Crippen MR) is 69.9 cm³/mol. The maximum atomic E-state index is 9.82. The van der Waals surface area contributed by atoms with E-state index in [0.29, 0.717) is 5.75 Å². The minimum absolute atomic E-state index is 0.131. The van der Waals surface area contributed by atoms with E-state index in [1.165, 1.54) is 11.1 Å². The van der Waals surface area contributed by atoms with Gasteiger partial charge in [-0.2, -0.15) is 0 Å². The van der Waals surface area contributed by atoms with E-state index in [2.05, 4.69) is 39.8 Å². The van der Waals surface area contributed by atoms with Crippen LogP contribution >= 0.6 is 0 Å². The van der Waals surface area contributed by atoms with Crippen LogP contribution in [0, 0.1) is 0 Å². The quantitative estimate of drug-likeness (QED) is 0.738. The van der Waals surface area contributed by atoms with Crippen molar-refractivity contribution in [2.24, 2.45) is 0 Å². The van der Waals surface area contributed by atoms with Crippen LogP contribution in [-0.4, -0.2) is 5.11 Å². The average Bonchev–Trinajstić information content (AvgIpc) is 2.19. The maximum absolute atomic E-state index is 9.82. The molecular formula is C15H22O. The Hall–Kier alpha value is -1.24. The normalized spacial score (nSPS) is 12.9. The molecular weight excluding hydrogens is 196 g/mol. The van der Waals surface area contributed by atoms with Gasteiger partial charge in [-0.05, 0) is 42.9 Å². The minimum atomic E-state index is 0.131. The second-order valence-electron chi connectivity index (χ2n) is 5.41. The van der Waals surface area contributed by atoms with Crippen LogP contribution in [0.2, 0.25) is 0 Å². The maximum Gasteiger partial charge on any atom is 0.119 e. The van der Waals surface area contributed by atoms with Crippen LogP contribution in [0.1, 0.15) is 45.7 Å². The van der Waals surface area contributed by atoms with Crippen LogP contribution in [0.4, 0.5) is 0 Å². The molecule has 0 aromatic heterocycles. The molecule has 0 saturated carbocycles. The molecule has 0 aliphatic carbocycles. The Balaban J connectivity index is 3.09. The van der Waals surface area contributed by atoms with Crippen molar-refractivity contribution < 1.29 is 5.11 Å². The van der Waals surface area contributed by atoms with Crippen LogP contribution < -0.4 is 0 Å². The summed E-state index contributed by atoms with van der Waals surface area (Å²) in [5.74, 6) is 0.397. The molecule has 1 nitrogen and oxygen atoms in total. The van der Waals surface area contributed by atoms with Crippen molar-refractivity contribution in [2.75, 3.05) is 0 Å². The highest BCUT2D eigenvalue weighted by Crippen LogP contribution is 2.28. The van der Waals surface area contributed by atoms with Gasteiger partial charge >= 0.3 is 0 Å². The monoisotopic (exact) mass is 218 g/mol. The summed E-state index contributed by atoms with van der Waals surface area (Å²) in [5.41, 5.74) is 3.69. The molecule has 1 N–H and O–H groups in total. The first-order chi connectivity index (χ1) is 7.34. The second-order valence-corrected chi connectivity index (χ2v) is 5.41. The van der Waals surface area contributed by atoms with Crippen LogP contribution in [0.15, 0.2) is 29.8 Å². The van der Waals surface area contributed by atoms with Gasteiger partial charge in [0.2, 0.25) is 0 Å². The Bertz CT molecular complexity index is 394. The summed E-state index contributed by atoms with van der Waals surface area (Å²) in [7, 11) is 0. The second kappa shape index (κ2) is 4.73. The highest BCUT2D eigenvalue weighted by Gasteiger charge is 2.15. The fourth-order valence-corrected chi connectivity index (χ4v) is 1.60. The Morgan fingerprint density at radius 1 is 1.31 bits per heavy atom. The molecule has 88 valence electrons. The van der Waals surface area contributed by atoms with Crippen LogP contribution in [0.5, 0.6) is 5.75 Å². The van der Waals surface area contributed by atoms with Crippen LogP contribution in [0.25, 0.3) is 0 Å². The number of aromatic hydroxyl groups is 1. The van der Waals surface area contributed by atoms with E-state index in [-0.39, 0.29) is 5.41 Å². The molecule has 1 rings (SSSR count). The number of rotatable bonds is 2. The summed E-state index contributed by atoms with van der Waals surface area (Å²) in [6.07, 6.45) is 2.91. The third-order valence-corrected chi connectivity index (χ3v) is 2.91. The Kier molecular flexibility index (Phi) is 3.79. The molecule has 0 aliphatic rings. The van der Waals surface area contributed by atoms with E-state index in [4.69, 9.17) is 0 Å². The third-order valence-electron chi connectivity index (χ3n) is 2.91. The summed E-state index contributed by atoms with van der Waals surface area (Å²) >= 11 is 0. The minimum Gasteiger partial charge on any atom is -0.508 e. The molecule has 1 aromatic carbocycles. The van der Waals surface area contributed by atoms with Gasteiger partial charge in [0.05, 0.1) is 0 Å². The lowest BCUT2D eigenvalue weighted by atomic mass is 9.85. The molecule has 0 unspecified atom stereocenters. The van der Waals surface area contributed by atoms with Crippen molar-refractivity contribution in [1.29, 1.82) is 0 Å². The molecule has 0 saturated heterocycles. The fraction of sp³-hybridized carbons (Fsp3) is 0.467. The summed E-state index contributed by atoms with van der Waals surface area (Å²) < 4.78 is 0. The topological polar surface area (TPSA) is 20.2 Å². The smallest absolute Gasteiger partial charge is 0.119 e. The number of benzene rings is 1. The van der Waals surface area contributed by atoms with Gasteiger partial charge < -0.3 is 5.11 Å². The first-order valence-corrected chi connectivity index (χ1v) is 5.78. The molecule has 1 heteroatoms. The molecule has 0 radical (unpaired) electrons. The van der Waals surface area contributed by atoms with Crippen LogP contribution in [0.3, 0.4) is 0 Å². The summed E-state index contributed by atoms with van der Waals surface area (Å²) in [6.45, 7) is 10.7. The standard InChI is InChI=1S/C15H22O/c1-6-11(2)9-12-10-13(15(3,4)5)7-8-14(12)16/h6-8,10,16H,9H2,1-5H3/b11-6+. The first kappa shape index (κ1) is 12.8. The molecule has 0 aliphatic heterocycles. The third kappa shape index (κ3) is 3.13. The number of hydrogen-bond donors (Lipinski definition) is 1. The van der Waals surface area contributed by atoms with Gasteiger partial charge in [-0.25, -0.2) is 0 Å². The van der Waals surface area contributed by atoms with Gasteiger partial charge in [-0.3, -0.25) is 0 Å². The summed E-state index contributed by atoms with van der Waals surface area (Å²) in [6, 6.07) is 5.92. The van der Waals surface area contributed by atoms with Crippen LogP contribution in [-0.2, 0) is 11.8 Å². The molecule has 0 heterocycles. The first-order valence-electron chi connectivity index (χ1n) is 5.78. The van der Waals surface area contributed by atoms with Gasteiger partial charge in [-0.1, -0.05) is 44.6 Å². The van der Waals surface area contributed by atoms with E-state index in [0.717, 1.165) is 12.0 Å². The van der Waals surface area contributed by atoms with E-state index in [1.54, 1.807) is 6.07 Å². The molecule has 16 heavy (non-hydrogen) atoms. The van der Waals surface area contributed by atoms with E-state index in [1.807, 2.05) is 13.0 Å². The Labute approximate surface area is 98.8 Å². The lowest BCUT2D eigenvalue weighted by Gasteiger charge is -2.20. The zero-order chi connectivity index (χ0) is 12.3. The number of phenolic OH excluding ortho intramolecular Hbond substituents is 1. The van der Waals surface area contributed by atoms with Gasteiger partial charge in [-0.15, -0.1) is 0 Å². The van der Waals surface area contributed by atoms with E-state index < -0.39 is 0 Å². The van der Waals surface area contributed by atoms with Gasteiger partial charge in [0.15, 0.2) is 0 Å². The van der Waals surface area contributed by atoms with Crippen molar-refractivity contribution in [3.8, 4) is 5.75 Å². The van der Waals surface area contributed by atoms with Gasteiger partial charge in [0, 0.05) is 0 Å². The van der Waals surface area contributed by atoms with Crippen molar-refractivity contribution in [3.63, 3.8) is 0 Å². The molecule has 1 aromatic rings. The van der Waals surface area contributed by atoms with Crippen molar-refractivity contribution in [1.82, 2.24) is 0 Å². The van der Waals surface area contributed by atoms with Crippen molar-refractivity contribution in [3.05, 3.63) is 41.0 Å². The van der Waals surface area contributed by atoms with Crippen molar-refractivity contribution in [2.45, 2.75) is 46.5 Å². The number of phenols is 1. The zero-order valence-corrected chi connectivity index (χ0v) is 11.0. The van der Waals surface area contributed by atoms with Crippen molar-refractivity contribution >= 4 is 0 Å². The lowest BCUT2D eigenvalue weighted by Crippen LogP contribution is -2.11. The Morgan fingerprint density at radius 3 is 2.44 bits per heavy atom. The van der Waals surface area contributed by atoms with Gasteiger partial charge in [0.1, 0.15) is 5.75 Å². The summed E-state index contributed by atoms with van der Waals surface area (Å²) in [4.78, 5) is 0. The largest absolute Gasteiger partial charge is 0.508 e. The molecule has 0 spiro atoms. The molecule has 0 fully saturated rings. The SMILES string of the molecule is C/C=C(\C)Cc1cc(C(C)(C)C)ccc1O. The van der Waals surface area contributed by atoms with Gasteiger partial charge in [0.25, 0.3) is 0 Å². The highest BCUT2D eigenvalue weighted by atomic mass is 16.3. The fourth-order valence-electron chi connectivity index (χ4n) is 1.60. The average molecular weight is 218 g/mol. The lowest BCUT2D eigenvalue weighted by molar-refractivity contribution is 0.467. The van der Waals surface area contributed by atoms with E-state index >= 15 is 0 Å². The Morgan fingerprint density at radius 2 is 1.94 bits per heavy atom. The molecule has 0 bridgehead atoms. The predicted octanol–water partition coefficient (Wildman–Crippen LogP) is 4.20. The zero-order valence-electron chi connectivity index (χ0n) is 11.0. The number of hydrogen-bond acceptors (Lipinski definition) is 1. The summed E-state index contributed by atoms with van der Waals surface area (Å²) in [5, 5.41) is 9.82. The molecule has 0 atom stereocenters. The van der Waals surface area contributed by atoms with E-state index in [9.17, 15) is 5.11 Å².